The highest BCUT2D eigenvalue weighted by Crippen LogP contribution is 2.53. The Morgan fingerprint density at radius 2 is 1.05 bits per heavy atom. The maximum Gasteiger partial charge on any atom is 0.0502 e. The van der Waals surface area contributed by atoms with Crippen LogP contribution in [-0.2, 0) is 11.8 Å². The first-order valence-corrected chi connectivity index (χ1v) is 22.4. The zero-order valence-electron chi connectivity index (χ0n) is 35.4. The first-order valence-electron chi connectivity index (χ1n) is 22.4. The summed E-state index contributed by atoms with van der Waals surface area (Å²) < 4.78 is 0. The van der Waals surface area contributed by atoms with Gasteiger partial charge in [0.1, 0.15) is 0 Å². The van der Waals surface area contributed by atoms with Crippen LogP contribution in [0.2, 0.25) is 0 Å². The van der Waals surface area contributed by atoms with E-state index in [1.807, 2.05) is 0 Å². The summed E-state index contributed by atoms with van der Waals surface area (Å²) in [5.41, 5.74) is 17.8. The first-order chi connectivity index (χ1) is 30.5. The van der Waals surface area contributed by atoms with Gasteiger partial charge in [0.25, 0.3) is 0 Å². The molecule has 0 saturated carbocycles. The largest absolute Gasteiger partial charge is 0.341 e. The van der Waals surface area contributed by atoms with Crippen molar-refractivity contribution in [3.05, 3.63) is 216 Å². The highest BCUT2D eigenvalue weighted by atomic mass is 15.2. The molecule has 62 heavy (non-hydrogen) atoms. The van der Waals surface area contributed by atoms with Gasteiger partial charge in [0, 0.05) is 29.0 Å². The van der Waals surface area contributed by atoms with E-state index < -0.39 is 0 Å². The molecule has 0 radical (unpaired) electrons. The second-order valence-corrected chi connectivity index (χ2v) is 17.8. The number of rotatable bonds is 5. The summed E-state index contributed by atoms with van der Waals surface area (Å²) in [7, 11) is 0. The molecule has 298 valence electrons. The van der Waals surface area contributed by atoms with Crippen molar-refractivity contribution in [2.75, 3.05) is 16.3 Å². The number of benzene rings is 9. The molecule has 0 saturated heterocycles. The normalized spacial score (nSPS) is 15.4. The number of hydrogen-bond donors (Lipinski definition) is 0. The maximum absolute atomic E-state index is 2.51. The lowest BCUT2D eigenvalue weighted by Crippen LogP contribution is -2.30. The van der Waals surface area contributed by atoms with Crippen LogP contribution in [0.1, 0.15) is 55.4 Å². The molecule has 0 fully saturated rings. The summed E-state index contributed by atoms with van der Waals surface area (Å²) in [6.07, 6.45) is 11.6. The monoisotopic (exact) mass is 796 g/mol. The van der Waals surface area contributed by atoms with Crippen molar-refractivity contribution in [3.8, 4) is 22.3 Å². The molecule has 0 amide bonds. The van der Waals surface area contributed by atoms with Crippen LogP contribution in [0.5, 0.6) is 0 Å². The molecule has 0 unspecified atom stereocenters. The zero-order chi connectivity index (χ0) is 41.4. The number of allylic oxidation sites excluding steroid dienone is 4. The number of anilines is 5. The molecular formula is C60H48N2. The fourth-order valence-electron chi connectivity index (χ4n) is 11.0. The Balaban J connectivity index is 1.10. The lowest BCUT2D eigenvalue weighted by molar-refractivity contribution is 0.632. The van der Waals surface area contributed by atoms with Crippen LogP contribution in [0.15, 0.2) is 194 Å². The second kappa shape index (κ2) is 14.5. The minimum absolute atomic E-state index is 0.105. The third-order valence-electron chi connectivity index (χ3n) is 14.0. The van der Waals surface area contributed by atoms with E-state index in [1.54, 1.807) is 0 Å². The summed E-state index contributed by atoms with van der Waals surface area (Å²) in [6, 6.07) is 66.2. The van der Waals surface area contributed by atoms with Gasteiger partial charge in [-0.05, 0) is 157 Å². The standard InChI is InChI=1S/C60H48N2/c1-60(2)52-25-11-14-28-55(52)62(56-29-15-12-26-53(56)60)45-36-30-41(31-37-45)51-39-50(40-17-4-3-5-18-40)57(59-49-24-10-8-22-47(49)46-21-7-9-23-48(46)58(51)59)43-32-34-44(35-33-43)61-38-16-20-42-19-6-13-27-54(42)61/h4,6-15,17-19,21-37,39H,3,5,16,20,38H2,1-2H3. The molecule has 2 aliphatic heterocycles. The van der Waals surface area contributed by atoms with Gasteiger partial charge in [-0.1, -0.05) is 159 Å². The predicted molar refractivity (Wildman–Crippen MR) is 265 cm³/mol. The van der Waals surface area contributed by atoms with E-state index in [0.717, 1.165) is 37.9 Å². The van der Waals surface area contributed by atoms with E-state index in [4.69, 9.17) is 0 Å². The van der Waals surface area contributed by atoms with Gasteiger partial charge in [0.05, 0.1) is 11.4 Å². The molecule has 2 nitrogen and oxygen atoms in total. The van der Waals surface area contributed by atoms with Gasteiger partial charge in [-0.3, -0.25) is 0 Å². The molecule has 9 aromatic carbocycles. The van der Waals surface area contributed by atoms with Crippen molar-refractivity contribution in [3.63, 3.8) is 0 Å². The molecule has 0 atom stereocenters. The fraction of sp³-hybridized carbons (Fsp3) is 0.133. The average Bonchev–Trinajstić information content (AvgIpc) is 3.34. The molecule has 0 spiro atoms. The molecule has 9 aromatic rings. The summed E-state index contributed by atoms with van der Waals surface area (Å²) in [6.45, 7) is 5.73. The van der Waals surface area contributed by atoms with Gasteiger partial charge in [-0.2, -0.15) is 0 Å². The number of hydrogen-bond acceptors (Lipinski definition) is 2. The van der Waals surface area contributed by atoms with Crippen molar-refractivity contribution < 1.29 is 0 Å². The smallest absolute Gasteiger partial charge is 0.0502 e. The van der Waals surface area contributed by atoms with Crippen LogP contribution < -0.4 is 9.80 Å². The van der Waals surface area contributed by atoms with Gasteiger partial charge < -0.3 is 9.80 Å². The van der Waals surface area contributed by atoms with Crippen LogP contribution in [0.25, 0.3) is 60.1 Å². The third-order valence-corrected chi connectivity index (χ3v) is 14.0. The Bertz CT molecular complexity index is 3240. The Morgan fingerprint density at radius 1 is 0.484 bits per heavy atom. The number of aryl methyl sites for hydroxylation is 1. The Hall–Kier alpha value is -7.16. The molecule has 12 rings (SSSR count). The number of nitrogens with zero attached hydrogens (tertiary/aromatic N) is 2. The van der Waals surface area contributed by atoms with Crippen molar-refractivity contribution in [1.29, 1.82) is 0 Å². The summed E-state index contributed by atoms with van der Waals surface area (Å²) >= 11 is 0. The summed E-state index contributed by atoms with van der Waals surface area (Å²) in [5, 5.41) is 7.75. The van der Waals surface area contributed by atoms with E-state index in [9.17, 15) is 0 Å². The highest BCUT2D eigenvalue weighted by Gasteiger charge is 2.36. The average molecular weight is 797 g/mol. The SMILES string of the molecule is CC1(C)c2ccccc2N(c2ccc(-c3cc(C4=CCCC=C4)c(-c4ccc(N5CCCc6ccccc65)cc4)c4c5ccccc5c5ccccc5c34)cc2)c2ccccc21. The number of fused-ring (bicyclic) bond motifs is 9. The van der Waals surface area contributed by atoms with E-state index >= 15 is 0 Å². The third kappa shape index (κ3) is 5.70. The van der Waals surface area contributed by atoms with Crippen LogP contribution >= 0.6 is 0 Å². The van der Waals surface area contributed by atoms with Crippen molar-refractivity contribution in [1.82, 2.24) is 0 Å². The molecule has 2 heterocycles. The summed E-state index contributed by atoms with van der Waals surface area (Å²) in [5.74, 6) is 0. The van der Waals surface area contributed by atoms with Gasteiger partial charge in [-0.25, -0.2) is 0 Å². The molecule has 0 bridgehead atoms. The lowest BCUT2D eigenvalue weighted by atomic mass is 9.73. The van der Waals surface area contributed by atoms with Crippen molar-refractivity contribution >= 4 is 66.3 Å². The highest BCUT2D eigenvalue weighted by molar-refractivity contribution is 6.32. The Labute approximate surface area is 364 Å². The lowest BCUT2D eigenvalue weighted by Gasteiger charge is -2.42. The maximum atomic E-state index is 2.51. The molecule has 2 heteroatoms. The molecular weight excluding hydrogens is 749 g/mol. The molecule has 1 aliphatic carbocycles. The van der Waals surface area contributed by atoms with Crippen LogP contribution in [-0.4, -0.2) is 6.54 Å². The van der Waals surface area contributed by atoms with Crippen LogP contribution in [0, 0.1) is 0 Å². The molecule has 3 aliphatic rings. The first kappa shape index (κ1) is 36.7. The van der Waals surface area contributed by atoms with Crippen LogP contribution in [0.3, 0.4) is 0 Å². The fourth-order valence-corrected chi connectivity index (χ4v) is 11.0. The molecule has 0 aromatic heterocycles. The Morgan fingerprint density at radius 3 is 1.71 bits per heavy atom. The minimum Gasteiger partial charge on any atom is -0.341 e. The van der Waals surface area contributed by atoms with E-state index in [1.165, 1.54) is 105 Å². The Kier molecular flexibility index (Phi) is 8.57. The van der Waals surface area contributed by atoms with Crippen molar-refractivity contribution in [2.24, 2.45) is 0 Å². The van der Waals surface area contributed by atoms with Gasteiger partial charge in [0.2, 0.25) is 0 Å². The van der Waals surface area contributed by atoms with Gasteiger partial charge >= 0.3 is 0 Å². The zero-order valence-corrected chi connectivity index (χ0v) is 35.4. The number of para-hydroxylation sites is 3. The van der Waals surface area contributed by atoms with Gasteiger partial charge in [-0.15, -0.1) is 0 Å². The van der Waals surface area contributed by atoms with Crippen molar-refractivity contribution in [2.45, 2.75) is 44.9 Å². The van der Waals surface area contributed by atoms with E-state index in [2.05, 4.69) is 218 Å². The quantitative estimate of drug-likeness (QED) is 0.160. The van der Waals surface area contributed by atoms with E-state index in [-0.39, 0.29) is 5.41 Å². The second-order valence-electron chi connectivity index (χ2n) is 17.8. The van der Waals surface area contributed by atoms with Gasteiger partial charge in [0.15, 0.2) is 0 Å². The molecule has 0 N–H and O–H groups in total. The minimum atomic E-state index is -0.105. The van der Waals surface area contributed by atoms with E-state index in [0.29, 0.717) is 0 Å². The van der Waals surface area contributed by atoms with Crippen LogP contribution in [0.4, 0.5) is 28.4 Å². The summed E-state index contributed by atoms with van der Waals surface area (Å²) in [4.78, 5) is 4.96. The predicted octanol–water partition coefficient (Wildman–Crippen LogP) is 16.4. The topological polar surface area (TPSA) is 6.48 Å².